The first-order valence-corrected chi connectivity index (χ1v) is 12.6. The lowest BCUT2D eigenvalue weighted by atomic mass is 9.96. The first-order chi connectivity index (χ1) is 14.5. The molecule has 3 rings (SSSR count). The van der Waals surface area contributed by atoms with Gasteiger partial charge in [0.05, 0.1) is 5.75 Å². The molecule has 0 aromatic heterocycles. The van der Waals surface area contributed by atoms with E-state index < -0.39 is 10.0 Å². The SMILES string of the molecule is O=C1CCN(C(=O)C2CCN(S(=O)(=O)Cc3ccccc3)CC2)CCCCCCN1. The van der Waals surface area contributed by atoms with Gasteiger partial charge in [-0.1, -0.05) is 43.2 Å². The first-order valence-electron chi connectivity index (χ1n) is 11.0. The first kappa shape index (κ1) is 22.7. The minimum atomic E-state index is -3.39. The topological polar surface area (TPSA) is 86.8 Å². The predicted octanol–water partition coefficient (Wildman–Crippen LogP) is 2.14. The Balaban J connectivity index is 1.54. The molecule has 30 heavy (non-hydrogen) atoms. The van der Waals surface area contributed by atoms with Gasteiger partial charge in [0.1, 0.15) is 0 Å². The highest BCUT2D eigenvalue weighted by Gasteiger charge is 2.33. The van der Waals surface area contributed by atoms with Gasteiger partial charge in [-0.3, -0.25) is 9.59 Å². The van der Waals surface area contributed by atoms with Crippen molar-refractivity contribution >= 4 is 21.8 Å². The number of benzene rings is 1. The highest BCUT2D eigenvalue weighted by Crippen LogP contribution is 2.24. The molecule has 0 radical (unpaired) electrons. The van der Waals surface area contributed by atoms with E-state index in [1.807, 2.05) is 35.2 Å². The number of nitrogens with one attached hydrogen (secondary N) is 1. The molecule has 2 heterocycles. The van der Waals surface area contributed by atoms with E-state index in [-0.39, 0.29) is 23.5 Å². The second kappa shape index (κ2) is 10.9. The molecule has 0 spiro atoms. The summed E-state index contributed by atoms with van der Waals surface area (Å²) in [5, 5.41) is 2.91. The molecular weight excluding hydrogens is 402 g/mol. The number of piperidine rings is 1. The van der Waals surface area contributed by atoms with Gasteiger partial charge in [-0.15, -0.1) is 0 Å². The van der Waals surface area contributed by atoms with E-state index in [0.717, 1.165) is 31.2 Å². The van der Waals surface area contributed by atoms with Crippen LogP contribution in [0.25, 0.3) is 0 Å². The fourth-order valence-electron chi connectivity index (χ4n) is 4.18. The van der Waals surface area contributed by atoms with Crippen molar-refractivity contribution in [2.45, 2.75) is 50.7 Å². The molecule has 166 valence electrons. The molecule has 0 aliphatic carbocycles. The Morgan fingerprint density at radius 1 is 0.967 bits per heavy atom. The largest absolute Gasteiger partial charge is 0.356 e. The second-order valence-corrected chi connectivity index (χ2v) is 10.2. The van der Waals surface area contributed by atoms with Gasteiger partial charge in [0, 0.05) is 45.1 Å². The molecule has 1 aromatic rings. The van der Waals surface area contributed by atoms with Gasteiger partial charge < -0.3 is 10.2 Å². The lowest BCUT2D eigenvalue weighted by molar-refractivity contribution is -0.137. The summed E-state index contributed by atoms with van der Waals surface area (Å²) in [6.45, 7) is 2.58. The van der Waals surface area contributed by atoms with Gasteiger partial charge in [0.2, 0.25) is 21.8 Å². The highest BCUT2D eigenvalue weighted by molar-refractivity contribution is 7.88. The van der Waals surface area contributed by atoms with Crippen LogP contribution in [0.3, 0.4) is 0 Å². The minimum absolute atomic E-state index is 0.00322. The normalized spacial score (nSPS) is 20.9. The monoisotopic (exact) mass is 435 g/mol. The molecule has 2 amide bonds. The fourth-order valence-corrected chi connectivity index (χ4v) is 5.74. The number of nitrogens with zero attached hydrogens (tertiary/aromatic N) is 2. The van der Waals surface area contributed by atoms with Crippen LogP contribution in [0.4, 0.5) is 0 Å². The number of sulfonamides is 1. The van der Waals surface area contributed by atoms with Crippen LogP contribution in [0.2, 0.25) is 0 Å². The minimum Gasteiger partial charge on any atom is -0.356 e. The van der Waals surface area contributed by atoms with Gasteiger partial charge in [0.25, 0.3) is 0 Å². The number of rotatable bonds is 4. The van der Waals surface area contributed by atoms with Crippen LogP contribution >= 0.6 is 0 Å². The standard InChI is InChI=1S/C22H33N3O4S/c26-21-12-15-24(14-7-2-1-6-13-23-21)22(27)20-10-16-25(17-11-20)30(28,29)18-19-8-4-3-5-9-19/h3-5,8-9,20H,1-2,6-7,10-18H2,(H,23,26). The average Bonchev–Trinajstić information content (AvgIpc) is 2.79. The number of hydrogen-bond acceptors (Lipinski definition) is 4. The quantitative estimate of drug-likeness (QED) is 0.785. The summed E-state index contributed by atoms with van der Waals surface area (Å²) in [5.41, 5.74) is 0.775. The van der Waals surface area contributed by atoms with Crippen molar-refractivity contribution in [2.75, 3.05) is 32.7 Å². The Hall–Kier alpha value is -1.93. The summed E-state index contributed by atoms with van der Waals surface area (Å²) in [6.07, 6.45) is 5.44. The molecular formula is C22H33N3O4S. The Morgan fingerprint density at radius 2 is 1.67 bits per heavy atom. The summed E-state index contributed by atoms with van der Waals surface area (Å²) in [6, 6.07) is 9.18. The Morgan fingerprint density at radius 3 is 2.40 bits per heavy atom. The predicted molar refractivity (Wildman–Crippen MR) is 116 cm³/mol. The molecule has 2 fully saturated rings. The molecule has 1 aromatic carbocycles. The van der Waals surface area contributed by atoms with Crippen molar-refractivity contribution in [3.8, 4) is 0 Å². The molecule has 0 atom stereocenters. The smallest absolute Gasteiger partial charge is 0.225 e. The number of amides is 2. The zero-order chi connectivity index (χ0) is 21.4. The summed E-state index contributed by atoms with van der Waals surface area (Å²) in [7, 11) is -3.39. The van der Waals surface area contributed by atoms with Crippen LogP contribution in [-0.4, -0.2) is 62.2 Å². The molecule has 2 saturated heterocycles. The lowest BCUT2D eigenvalue weighted by Crippen LogP contribution is -2.45. The highest BCUT2D eigenvalue weighted by atomic mass is 32.2. The van der Waals surface area contributed by atoms with Gasteiger partial charge in [-0.05, 0) is 31.2 Å². The molecule has 0 bridgehead atoms. The number of hydrogen-bond donors (Lipinski definition) is 1. The number of carbonyl (C=O) groups is 2. The molecule has 1 N–H and O–H groups in total. The Bertz CT molecular complexity index is 805. The molecule has 2 aliphatic heterocycles. The zero-order valence-corrected chi connectivity index (χ0v) is 18.4. The van der Waals surface area contributed by atoms with E-state index in [1.54, 1.807) is 0 Å². The van der Waals surface area contributed by atoms with Crippen molar-refractivity contribution in [3.05, 3.63) is 35.9 Å². The third-order valence-corrected chi connectivity index (χ3v) is 7.84. The molecule has 2 aliphatic rings. The zero-order valence-electron chi connectivity index (χ0n) is 17.6. The third-order valence-electron chi connectivity index (χ3n) is 5.99. The summed E-state index contributed by atoms with van der Waals surface area (Å²) < 4.78 is 27.0. The van der Waals surface area contributed by atoms with Crippen molar-refractivity contribution in [2.24, 2.45) is 5.92 Å². The summed E-state index contributed by atoms with van der Waals surface area (Å²) in [5.74, 6) is -0.103. The maximum atomic E-state index is 13.1. The Kier molecular flexibility index (Phi) is 8.27. The van der Waals surface area contributed by atoms with Crippen LogP contribution in [0, 0.1) is 5.92 Å². The van der Waals surface area contributed by atoms with E-state index >= 15 is 0 Å². The van der Waals surface area contributed by atoms with E-state index in [2.05, 4.69) is 5.32 Å². The van der Waals surface area contributed by atoms with E-state index in [9.17, 15) is 18.0 Å². The van der Waals surface area contributed by atoms with Crippen molar-refractivity contribution in [3.63, 3.8) is 0 Å². The molecule has 0 saturated carbocycles. The fraction of sp³-hybridized carbons (Fsp3) is 0.636. The number of carbonyl (C=O) groups excluding carboxylic acids is 2. The molecule has 0 unspecified atom stereocenters. The maximum Gasteiger partial charge on any atom is 0.225 e. The van der Waals surface area contributed by atoms with E-state index in [0.29, 0.717) is 52.0 Å². The second-order valence-electron chi connectivity index (χ2n) is 8.25. The lowest BCUT2D eigenvalue weighted by Gasteiger charge is -2.33. The van der Waals surface area contributed by atoms with Crippen molar-refractivity contribution < 1.29 is 18.0 Å². The van der Waals surface area contributed by atoms with Crippen LogP contribution < -0.4 is 5.32 Å². The van der Waals surface area contributed by atoms with E-state index in [4.69, 9.17) is 0 Å². The van der Waals surface area contributed by atoms with Crippen LogP contribution in [-0.2, 0) is 25.4 Å². The third kappa shape index (κ3) is 6.54. The van der Waals surface area contributed by atoms with E-state index in [1.165, 1.54) is 4.31 Å². The molecule has 8 heteroatoms. The van der Waals surface area contributed by atoms with Gasteiger partial charge in [-0.2, -0.15) is 0 Å². The van der Waals surface area contributed by atoms with Crippen LogP contribution in [0.1, 0.15) is 50.5 Å². The van der Waals surface area contributed by atoms with Gasteiger partial charge in [-0.25, -0.2) is 12.7 Å². The summed E-state index contributed by atoms with van der Waals surface area (Å²) in [4.78, 5) is 26.8. The summed E-state index contributed by atoms with van der Waals surface area (Å²) >= 11 is 0. The average molecular weight is 436 g/mol. The van der Waals surface area contributed by atoms with Crippen molar-refractivity contribution in [1.82, 2.24) is 14.5 Å². The molecule has 7 nitrogen and oxygen atoms in total. The van der Waals surface area contributed by atoms with Crippen LogP contribution in [0.15, 0.2) is 30.3 Å². The van der Waals surface area contributed by atoms with Gasteiger partial charge >= 0.3 is 0 Å². The van der Waals surface area contributed by atoms with Gasteiger partial charge in [0.15, 0.2) is 0 Å². The maximum absolute atomic E-state index is 13.1. The van der Waals surface area contributed by atoms with Crippen molar-refractivity contribution in [1.29, 1.82) is 0 Å². The Labute approximate surface area is 179 Å². The van der Waals surface area contributed by atoms with Crippen LogP contribution in [0.5, 0.6) is 0 Å².